The van der Waals surface area contributed by atoms with E-state index in [0.29, 0.717) is 10.7 Å². The van der Waals surface area contributed by atoms with Crippen molar-refractivity contribution >= 4 is 34.8 Å². The standard InChI is InChI=1S/C12H11Cl2N3O2/c13-3-4-16-12(19)8(6-15)7-17-10-5-9(14)1-2-11(10)18/h1-2,5,7,17-18H,3-4H2,(H,16,19)/b8-7-. The maximum Gasteiger partial charge on any atom is 0.263 e. The van der Waals surface area contributed by atoms with Gasteiger partial charge in [-0.2, -0.15) is 5.26 Å². The first-order valence-electron chi connectivity index (χ1n) is 5.28. The number of phenols is 1. The van der Waals surface area contributed by atoms with Gasteiger partial charge in [0.05, 0.1) is 5.69 Å². The molecule has 0 aliphatic rings. The molecule has 0 aliphatic heterocycles. The lowest BCUT2D eigenvalue weighted by Gasteiger charge is -2.06. The quantitative estimate of drug-likeness (QED) is 0.337. The van der Waals surface area contributed by atoms with Crippen molar-refractivity contribution in [3.63, 3.8) is 0 Å². The molecular weight excluding hydrogens is 289 g/mol. The Labute approximate surface area is 120 Å². The highest BCUT2D eigenvalue weighted by Gasteiger charge is 2.08. The smallest absolute Gasteiger partial charge is 0.263 e. The van der Waals surface area contributed by atoms with E-state index >= 15 is 0 Å². The molecule has 0 saturated heterocycles. The number of benzene rings is 1. The van der Waals surface area contributed by atoms with Crippen LogP contribution < -0.4 is 10.6 Å². The number of hydrogen-bond acceptors (Lipinski definition) is 4. The molecule has 1 aromatic carbocycles. The van der Waals surface area contributed by atoms with Gasteiger partial charge in [0.25, 0.3) is 5.91 Å². The van der Waals surface area contributed by atoms with Crippen molar-refractivity contribution in [2.24, 2.45) is 0 Å². The normalized spacial score (nSPS) is 10.7. The molecule has 1 rings (SSSR count). The predicted octanol–water partition coefficient (Wildman–Crippen LogP) is 2.22. The van der Waals surface area contributed by atoms with Crippen LogP contribution in [0.25, 0.3) is 0 Å². The molecule has 1 amide bonds. The number of rotatable bonds is 5. The first kappa shape index (κ1) is 15.2. The van der Waals surface area contributed by atoms with Gasteiger partial charge in [-0.05, 0) is 18.2 Å². The van der Waals surface area contributed by atoms with Crippen LogP contribution in [-0.2, 0) is 4.79 Å². The van der Waals surface area contributed by atoms with Crippen LogP contribution >= 0.6 is 23.2 Å². The van der Waals surface area contributed by atoms with Crippen molar-refractivity contribution in [2.75, 3.05) is 17.7 Å². The number of aromatic hydroxyl groups is 1. The summed E-state index contributed by atoms with van der Waals surface area (Å²) in [6.45, 7) is 0.266. The zero-order valence-electron chi connectivity index (χ0n) is 9.78. The van der Waals surface area contributed by atoms with E-state index in [0.717, 1.165) is 0 Å². The van der Waals surface area contributed by atoms with E-state index in [1.807, 2.05) is 0 Å². The van der Waals surface area contributed by atoms with Gasteiger partial charge in [-0.15, -0.1) is 11.6 Å². The van der Waals surface area contributed by atoms with Gasteiger partial charge in [0.15, 0.2) is 0 Å². The number of nitrogens with one attached hydrogen (secondary N) is 2. The number of carbonyl (C=O) groups excluding carboxylic acids is 1. The van der Waals surface area contributed by atoms with Crippen LogP contribution in [0.1, 0.15) is 0 Å². The van der Waals surface area contributed by atoms with Gasteiger partial charge in [0.2, 0.25) is 0 Å². The van der Waals surface area contributed by atoms with Gasteiger partial charge in [0.1, 0.15) is 17.4 Å². The maximum atomic E-state index is 11.5. The van der Waals surface area contributed by atoms with Gasteiger partial charge in [-0.3, -0.25) is 4.79 Å². The summed E-state index contributed by atoms with van der Waals surface area (Å²) in [4.78, 5) is 11.5. The summed E-state index contributed by atoms with van der Waals surface area (Å²) in [5.74, 6) is -0.330. The number of amides is 1. The molecule has 0 bridgehead atoms. The molecule has 19 heavy (non-hydrogen) atoms. The molecule has 0 aliphatic carbocycles. The third kappa shape index (κ3) is 4.70. The third-order valence-corrected chi connectivity index (χ3v) is 2.50. The average Bonchev–Trinajstić information content (AvgIpc) is 2.40. The molecule has 1 aromatic rings. The van der Waals surface area contributed by atoms with E-state index in [-0.39, 0.29) is 23.7 Å². The van der Waals surface area contributed by atoms with Crippen LogP contribution in [-0.4, -0.2) is 23.4 Å². The molecule has 0 fully saturated rings. The zero-order valence-corrected chi connectivity index (χ0v) is 11.3. The number of phenolic OH excluding ortho intramolecular Hbond substituents is 1. The fourth-order valence-corrected chi connectivity index (χ4v) is 1.44. The Kier molecular flexibility index (Phi) is 6.00. The molecule has 0 atom stereocenters. The van der Waals surface area contributed by atoms with Crippen molar-refractivity contribution in [3.05, 3.63) is 35.0 Å². The molecule has 0 unspecified atom stereocenters. The average molecular weight is 300 g/mol. The minimum absolute atomic E-state index is 0.0425. The summed E-state index contributed by atoms with van der Waals surface area (Å²) in [5, 5.41) is 23.9. The Morgan fingerprint density at radius 1 is 1.53 bits per heavy atom. The second-order valence-electron chi connectivity index (χ2n) is 3.42. The lowest BCUT2D eigenvalue weighted by atomic mass is 10.2. The van der Waals surface area contributed by atoms with Gasteiger partial charge < -0.3 is 15.7 Å². The van der Waals surface area contributed by atoms with Crippen molar-refractivity contribution in [1.82, 2.24) is 5.32 Å². The Morgan fingerprint density at radius 2 is 2.26 bits per heavy atom. The van der Waals surface area contributed by atoms with Crippen molar-refractivity contribution in [1.29, 1.82) is 5.26 Å². The van der Waals surface area contributed by atoms with E-state index < -0.39 is 5.91 Å². The molecular formula is C12H11Cl2N3O2. The first-order chi connectivity index (χ1) is 9.08. The van der Waals surface area contributed by atoms with Crippen molar-refractivity contribution in [3.8, 4) is 11.8 Å². The Balaban J connectivity index is 2.80. The Morgan fingerprint density at radius 3 is 2.89 bits per heavy atom. The highest BCUT2D eigenvalue weighted by Crippen LogP contribution is 2.26. The van der Waals surface area contributed by atoms with E-state index in [2.05, 4.69) is 10.6 Å². The lowest BCUT2D eigenvalue weighted by molar-refractivity contribution is -0.117. The summed E-state index contributed by atoms with van der Waals surface area (Å²) in [7, 11) is 0. The lowest BCUT2D eigenvalue weighted by Crippen LogP contribution is -2.26. The molecule has 7 heteroatoms. The number of anilines is 1. The summed E-state index contributed by atoms with van der Waals surface area (Å²) in [6.07, 6.45) is 1.19. The molecule has 0 saturated carbocycles. The summed E-state index contributed by atoms with van der Waals surface area (Å²) >= 11 is 11.2. The van der Waals surface area contributed by atoms with Gasteiger partial charge in [-0.25, -0.2) is 0 Å². The molecule has 0 heterocycles. The number of nitriles is 1. The van der Waals surface area contributed by atoms with Crippen molar-refractivity contribution < 1.29 is 9.90 Å². The molecule has 5 nitrogen and oxygen atoms in total. The summed E-state index contributed by atoms with van der Waals surface area (Å²) < 4.78 is 0. The molecule has 3 N–H and O–H groups in total. The summed E-state index contributed by atoms with van der Waals surface area (Å²) in [5.41, 5.74) is 0.162. The largest absolute Gasteiger partial charge is 0.506 e. The molecule has 0 aromatic heterocycles. The second kappa shape index (κ2) is 7.52. The SMILES string of the molecule is N#C/C(=C/Nc1cc(Cl)ccc1O)C(=O)NCCCl. The number of halogens is 2. The van der Waals surface area contributed by atoms with Crippen LogP contribution in [0.5, 0.6) is 5.75 Å². The van der Waals surface area contributed by atoms with E-state index in [1.165, 1.54) is 24.4 Å². The minimum Gasteiger partial charge on any atom is -0.506 e. The highest BCUT2D eigenvalue weighted by atomic mass is 35.5. The number of carbonyl (C=O) groups is 1. The fourth-order valence-electron chi connectivity index (χ4n) is 1.18. The maximum absolute atomic E-state index is 11.5. The number of hydrogen-bond donors (Lipinski definition) is 3. The third-order valence-electron chi connectivity index (χ3n) is 2.08. The second-order valence-corrected chi connectivity index (χ2v) is 4.23. The van der Waals surface area contributed by atoms with Crippen molar-refractivity contribution in [2.45, 2.75) is 0 Å². The number of alkyl halides is 1. The Hall–Kier alpha value is -1.90. The molecule has 100 valence electrons. The van der Waals surface area contributed by atoms with Crippen LogP contribution in [0, 0.1) is 11.3 Å². The van der Waals surface area contributed by atoms with E-state index in [4.69, 9.17) is 28.5 Å². The van der Waals surface area contributed by atoms with E-state index in [1.54, 1.807) is 6.07 Å². The van der Waals surface area contributed by atoms with E-state index in [9.17, 15) is 9.90 Å². The van der Waals surface area contributed by atoms with Crippen LogP contribution in [0.3, 0.4) is 0 Å². The molecule has 0 spiro atoms. The number of nitrogens with zero attached hydrogens (tertiary/aromatic N) is 1. The predicted molar refractivity (Wildman–Crippen MR) is 74.2 cm³/mol. The van der Waals surface area contributed by atoms with Gasteiger partial charge >= 0.3 is 0 Å². The van der Waals surface area contributed by atoms with Crippen LogP contribution in [0.2, 0.25) is 5.02 Å². The van der Waals surface area contributed by atoms with Crippen LogP contribution in [0.15, 0.2) is 30.0 Å². The zero-order chi connectivity index (χ0) is 14.3. The molecule has 0 radical (unpaired) electrons. The van der Waals surface area contributed by atoms with Gasteiger partial charge in [-0.1, -0.05) is 11.6 Å². The van der Waals surface area contributed by atoms with Crippen LogP contribution in [0.4, 0.5) is 5.69 Å². The topological polar surface area (TPSA) is 85.2 Å². The Bertz CT molecular complexity index is 538. The first-order valence-corrected chi connectivity index (χ1v) is 6.19. The fraction of sp³-hybridized carbons (Fsp3) is 0.167. The summed E-state index contributed by atoms with van der Waals surface area (Å²) in [6, 6.07) is 6.13. The monoisotopic (exact) mass is 299 g/mol. The highest BCUT2D eigenvalue weighted by molar-refractivity contribution is 6.30. The van der Waals surface area contributed by atoms with Gasteiger partial charge in [0, 0.05) is 23.6 Å². The minimum atomic E-state index is -0.544.